The van der Waals surface area contributed by atoms with Crippen LogP contribution in [-0.2, 0) is 11.3 Å². The maximum absolute atomic E-state index is 14.2. The van der Waals surface area contributed by atoms with Gasteiger partial charge in [-0.15, -0.1) is 11.3 Å². The molecule has 1 aromatic heterocycles. The zero-order chi connectivity index (χ0) is 24.8. The average molecular weight is 505 g/mol. The number of rotatable bonds is 6. The molecule has 1 saturated heterocycles. The largest absolute Gasteiger partial charge is 0.368 e. The Balaban J connectivity index is 1.30. The van der Waals surface area contributed by atoms with Gasteiger partial charge in [-0.2, -0.15) is 10.3 Å². The Hall–Kier alpha value is -2.12. The van der Waals surface area contributed by atoms with Crippen molar-refractivity contribution in [1.82, 2.24) is 20.5 Å². The molecule has 1 amide bonds. The molecule has 0 aromatic carbocycles. The van der Waals surface area contributed by atoms with Gasteiger partial charge in [0.05, 0.1) is 29.6 Å². The molecule has 6 rings (SSSR count). The Labute approximate surface area is 209 Å². The first kappa shape index (κ1) is 24.6. The molecular weight excluding hydrogens is 470 g/mol. The lowest BCUT2D eigenvalue weighted by Crippen LogP contribution is -2.66. The number of carbonyl (C=O) groups is 1. The number of likely N-dealkylation sites (tertiary alicyclic amines) is 1. The number of halogens is 2. The van der Waals surface area contributed by atoms with Crippen LogP contribution in [0.4, 0.5) is 8.78 Å². The number of carbonyl (C=O) groups excluding carboxylic acids is 1. The number of hydrogen-bond acceptors (Lipinski definition) is 6. The molecule has 35 heavy (non-hydrogen) atoms. The second kappa shape index (κ2) is 9.07. The van der Waals surface area contributed by atoms with E-state index in [1.54, 1.807) is 27.9 Å². The molecule has 1 aliphatic heterocycles. The third-order valence-corrected chi connectivity index (χ3v) is 9.67. The van der Waals surface area contributed by atoms with E-state index in [1.165, 1.54) is 0 Å². The highest BCUT2D eigenvalue weighted by atomic mass is 32.1. The molecule has 0 spiro atoms. The average Bonchev–Trinajstić information content (AvgIpc) is 3.31. The minimum atomic E-state index is -2.73. The summed E-state index contributed by atoms with van der Waals surface area (Å²) in [5.41, 5.74) is 0.629. The number of amidine groups is 1. The SMILES string of the molecule is CC(C)(/C(=N\C#N)NC1C2CC3CC1CC(C(=O)NCc1cncs1)(C3)C2)N1CCCC(F)(F)C1. The van der Waals surface area contributed by atoms with Crippen molar-refractivity contribution in [3.63, 3.8) is 0 Å². The molecule has 2 heterocycles. The quantitative estimate of drug-likeness (QED) is 0.348. The summed E-state index contributed by atoms with van der Waals surface area (Å²) in [6.07, 6.45) is 8.70. The number of nitrogens with zero attached hydrogens (tertiary/aromatic N) is 4. The Bertz CT molecular complexity index is 1000. The van der Waals surface area contributed by atoms with E-state index in [0.717, 1.165) is 37.0 Å². The summed E-state index contributed by atoms with van der Waals surface area (Å²) in [7, 11) is 0. The fraction of sp³-hybridized carbons (Fsp3) is 0.760. The summed E-state index contributed by atoms with van der Waals surface area (Å²) in [6, 6.07) is 0.102. The molecule has 2 N–H and O–H groups in total. The molecule has 0 radical (unpaired) electrons. The fourth-order valence-electron chi connectivity index (χ4n) is 7.37. The maximum atomic E-state index is 14.2. The molecule has 5 aliphatic rings. The predicted octanol–water partition coefficient (Wildman–Crippen LogP) is 3.93. The topological polar surface area (TPSA) is 93.4 Å². The summed E-state index contributed by atoms with van der Waals surface area (Å²) in [6.45, 7) is 4.50. The third kappa shape index (κ3) is 4.69. The molecular formula is C25H34F2N6OS. The van der Waals surface area contributed by atoms with Crippen LogP contribution in [0.2, 0.25) is 0 Å². The molecule has 7 nitrogen and oxygen atoms in total. The number of amides is 1. The van der Waals surface area contributed by atoms with Crippen LogP contribution in [0.1, 0.15) is 63.7 Å². The van der Waals surface area contributed by atoms with E-state index in [0.29, 0.717) is 43.1 Å². The number of piperidine rings is 1. The first-order valence-electron chi connectivity index (χ1n) is 12.6. The van der Waals surface area contributed by atoms with E-state index < -0.39 is 11.5 Å². The highest BCUT2D eigenvalue weighted by Gasteiger charge is 2.59. The Morgan fingerprint density at radius 3 is 2.71 bits per heavy atom. The van der Waals surface area contributed by atoms with Crippen LogP contribution in [0.5, 0.6) is 0 Å². The van der Waals surface area contributed by atoms with Crippen molar-refractivity contribution >= 4 is 23.1 Å². The van der Waals surface area contributed by atoms with E-state index >= 15 is 0 Å². The van der Waals surface area contributed by atoms with E-state index in [4.69, 9.17) is 0 Å². The second-order valence-electron chi connectivity index (χ2n) is 11.6. The Kier molecular flexibility index (Phi) is 6.37. The lowest BCUT2D eigenvalue weighted by Gasteiger charge is -2.59. The van der Waals surface area contributed by atoms with Gasteiger partial charge in [0.1, 0.15) is 5.84 Å². The zero-order valence-electron chi connectivity index (χ0n) is 20.4. The first-order chi connectivity index (χ1) is 16.6. The van der Waals surface area contributed by atoms with Crippen molar-refractivity contribution < 1.29 is 13.6 Å². The van der Waals surface area contributed by atoms with Crippen molar-refractivity contribution in [2.75, 3.05) is 13.1 Å². The summed E-state index contributed by atoms with van der Waals surface area (Å²) in [5.74, 6) is -0.973. The van der Waals surface area contributed by atoms with Gasteiger partial charge in [-0.1, -0.05) is 0 Å². The summed E-state index contributed by atoms with van der Waals surface area (Å²) in [5, 5.41) is 16.2. The standard InChI is InChI=1S/C25H34F2N6OS/c1-23(2,33-5-3-4-25(26,27)13-33)21(31-14-28)32-20-17-6-16-7-18(20)10-24(8-16,9-17)22(34)30-12-19-11-29-15-35-19/h11,15-18,20H,3-10,12-13H2,1-2H3,(H,30,34)(H,31,32). The Morgan fingerprint density at radius 1 is 1.34 bits per heavy atom. The molecule has 2 atom stereocenters. The highest BCUT2D eigenvalue weighted by Crippen LogP contribution is 2.60. The number of aromatic nitrogens is 1. The van der Waals surface area contributed by atoms with Gasteiger partial charge in [0.25, 0.3) is 5.92 Å². The number of alkyl halides is 2. The molecule has 5 fully saturated rings. The van der Waals surface area contributed by atoms with Crippen molar-refractivity contribution in [3.8, 4) is 6.19 Å². The first-order valence-corrected chi connectivity index (χ1v) is 13.5. The molecule has 1 aromatic rings. The molecule has 4 aliphatic carbocycles. The fourth-order valence-corrected chi connectivity index (χ4v) is 7.90. The minimum Gasteiger partial charge on any atom is -0.368 e. The monoisotopic (exact) mass is 504 g/mol. The Morgan fingerprint density at radius 2 is 2.09 bits per heavy atom. The van der Waals surface area contributed by atoms with Gasteiger partial charge in [-0.3, -0.25) is 14.7 Å². The maximum Gasteiger partial charge on any atom is 0.260 e. The smallest absolute Gasteiger partial charge is 0.260 e. The summed E-state index contributed by atoms with van der Waals surface area (Å²) < 4.78 is 28.4. The van der Waals surface area contributed by atoms with Gasteiger partial charge in [-0.25, -0.2) is 8.78 Å². The van der Waals surface area contributed by atoms with Crippen LogP contribution in [0.25, 0.3) is 0 Å². The number of aliphatic imine (C=N–C) groups is 1. The van der Waals surface area contributed by atoms with Crippen molar-refractivity contribution in [1.29, 1.82) is 5.26 Å². The normalized spacial score (nSPS) is 34.4. The second-order valence-corrected chi connectivity index (χ2v) is 12.5. The van der Waals surface area contributed by atoms with Gasteiger partial charge in [0.15, 0.2) is 0 Å². The molecule has 2 unspecified atom stereocenters. The summed E-state index contributed by atoms with van der Waals surface area (Å²) >= 11 is 1.54. The lowest BCUT2D eigenvalue weighted by molar-refractivity contribution is -0.149. The van der Waals surface area contributed by atoms with E-state index in [2.05, 4.69) is 20.6 Å². The predicted molar refractivity (Wildman–Crippen MR) is 130 cm³/mol. The van der Waals surface area contributed by atoms with Crippen LogP contribution in [0.3, 0.4) is 0 Å². The van der Waals surface area contributed by atoms with Crippen LogP contribution < -0.4 is 10.6 Å². The van der Waals surface area contributed by atoms with E-state index in [9.17, 15) is 18.8 Å². The molecule has 10 heteroatoms. The van der Waals surface area contributed by atoms with Gasteiger partial charge < -0.3 is 10.6 Å². The minimum absolute atomic E-state index is 0.0982. The van der Waals surface area contributed by atoms with Crippen LogP contribution in [0, 0.1) is 34.6 Å². The van der Waals surface area contributed by atoms with Gasteiger partial charge in [0.2, 0.25) is 12.1 Å². The summed E-state index contributed by atoms with van der Waals surface area (Å²) in [4.78, 5) is 24.4. The van der Waals surface area contributed by atoms with Gasteiger partial charge in [0, 0.05) is 23.5 Å². The van der Waals surface area contributed by atoms with Crippen molar-refractivity contribution in [2.45, 2.75) is 82.8 Å². The highest BCUT2D eigenvalue weighted by molar-refractivity contribution is 7.09. The molecule has 190 valence electrons. The van der Waals surface area contributed by atoms with Crippen molar-refractivity contribution in [3.05, 3.63) is 16.6 Å². The zero-order valence-corrected chi connectivity index (χ0v) is 21.2. The van der Waals surface area contributed by atoms with Crippen LogP contribution >= 0.6 is 11.3 Å². The molecule has 4 bridgehead atoms. The number of nitrogens with one attached hydrogen (secondary N) is 2. The van der Waals surface area contributed by atoms with Gasteiger partial charge in [-0.05, 0) is 76.7 Å². The van der Waals surface area contributed by atoms with E-state index in [-0.39, 0.29) is 30.3 Å². The number of hydrogen-bond donors (Lipinski definition) is 2. The number of nitriles is 1. The van der Waals surface area contributed by atoms with E-state index in [1.807, 2.05) is 20.0 Å². The number of thiazole rings is 1. The third-order valence-electron chi connectivity index (χ3n) is 8.89. The van der Waals surface area contributed by atoms with Crippen molar-refractivity contribution in [2.24, 2.45) is 28.2 Å². The lowest BCUT2D eigenvalue weighted by atomic mass is 9.47. The van der Waals surface area contributed by atoms with Crippen LogP contribution in [0.15, 0.2) is 16.7 Å². The molecule has 4 saturated carbocycles. The van der Waals surface area contributed by atoms with Gasteiger partial charge >= 0.3 is 0 Å². The van der Waals surface area contributed by atoms with Crippen LogP contribution in [-0.4, -0.2) is 52.2 Å².